The van der Waals surface area contributed by atoms with Crippen LogP contribution < -0.4 is 10.0 Å². The molecule has 2 heterocycles. The molecule has 2 aromatic heterocycles. The van der Waals surface area contributed by atoms with Crippen LogP contribution in [0.25, 0.3) is 5.82 Å². The van der Waals surface area contributed by atoms with E-state index in [0.29, 0.717) is 5.56 Å². The molecule has 2 amide bonds. The molecule has 3 aromatic rings. The molecular formula is C21H19Cl2F2N5O4S. The normalized spacial score (nSPS) is 11.7. The molecule has 0 atom stereocenters. The predicted molar refractivity (Wildman–Crippen MR) is 127 cm³/mol. The highest BCUT2D eigenvalue weighted by molar-refractivity contribution is 7.90. The first-order chi connectivity index (χ1) is 16.3. The largest absolute Gasteiger partial charge is 0.320 e. The number of benzene rings is 1. The van der Waals surface area contributed by atoms with Crippen LogP contribution in [0.1, 0.15) is 52.4 Å². The fraction of sp³-hybridized carbons (Fsp3) is 0.238. The van der Waals surface area contributed by atoms with Crippen molar-refractivity contribution in [2.45, 2.75) is 32.4 Å². The van der Waals surface area contributed by atoms with Gasteiger partial charge in [-0.1, -0.05) is 23.2 Å². The molecule has 0 radical (unpaired) electrons. The van der Waals surface area contributed by atoms with Crippen LogP contribution in [0, 0.1) is 6.92 Å². The van der Waals surface area contributed by atoms with Crippen LogP contribution in [-0.2, 0) is 10.0 Å². The Kier molecular flexibility index (Phi) is 7.77. The molecule has 0 aliphatic heterocycles. The van der Waals surface area contributed by atoms with Crippen LogP contribution in [-0.4, -0.2) is 40.2 Å². The molecule has 0 saturated carbocycles. The minimum absolute atomic E-state index is 0.0482. The van der Waals surface area contributed by atoms with E-state index < -0.39 is 39.2 Å². The molecule has 0 unspecified atom stereocenters. The van der Waals surface area contributed by atoms with E-state index in [1.54, 1.807) is 0 Å². The second-order valence-electron chi connectivity index (χ2n) is 7.60. The van der Waals surface area contributed by atoms with E-state index in [-0.39, 0.29) is 32.8 Å². The summed E-state index contributed by atoms with van der Waals surface area (Å²) in [4.78, 5) is 30.0. The number of nitrogens with zero attached hydrogens (tertiary/aromatic N) is 3. The summed E-state index contributed by atoms with van der Waals surface area (Å²) in [6.45, 7) is 4.28. The van der Waals surface area contributed by atoms with E-state index in [0.717, 1.165) is 10.7 Å². The summed E-state index contributed by atoms with van der Waals surface area (Å²) in [6, 6.07) is 6.42. The number of sulfonamides is 1. The maximum atomic E-state index is 13.4. The van der Waals surface area contributed by atoms with Crippen molar-refractivity contribution in [1.29, 1.82) is 0 Å². The van der Waals surface area contributed by atoms with Gasteiger partial charge in [-0.2, -0.15) is 5.10 Å². The van der Waals surface area contributed by atoms with Gasteiger partial charge in [0.15, 0.2) is 5.82 Å². The van der Waals surface area contributed by atoms with Crippen LogP contribution in [0.2, 0.25) is 10.0 Å². The Bertz CT molecular complexity index is 1410. The Balaban J connectivity index is 2.07. The van der Waals surface area contributed by atoms with Gasteiger partial charge in [0, 0.05) is 11.2 Å². The number of aryl methyl sites for hydroxylation is 1. The van der Waals surface area contributed by atoms with Gasteiger partial charge in [-0.25, -0.2) is 31.6 Å². The average Bonchev–Trinajstić information content (AvgIpc) is 3.21. The first-order valence-electron chi connectivity index (χ1n) is 9.98. The standard InChI is InChI=1S/C21H19Cl2F2N5O4S/c1-10(2)35(33,34)29-20(31)13-8-12(22)7-11(3)17(13)27-21(32)16-9-15(18(24)25)28-30(16)19-14(23)5-4-6-26-19/h4-10,18H,1-3H3,(H,27,32)(H,29,31). The van der Waals surface area contributed by atoms with Crippen LogP contribution in [0.3, 0.4) is 0 Å². The van der Waals surface area contributed by atoms with Gasteiger partial charge >= 0.3 is 0 Å². The zero-order valence-corrected chi connectivity index (χ0v) is 20.8. The highest BCUT2D eigenvalue weighted by Crippen LogP contribution is 2.28. The van der Waals surface area contributed by atoms with E-state index in [2.05, 4.69) is 15.4 Å². The minimum atomic E-state index is -4.00. The number of hydrogen-bond acceptors (Lipinski definition) is 6. The number of anilines is 1. The zero-order valence-electron chi connectivity index (χ0n) is 18.5. The third kappa shape index (κ3) is 5.77. The summed E-state index contributed by atoms with van der Waals surface area (Å²) in [5.41, 5.74) is -1.06. The number of pyridine rings is 1. The molecule has 2 N–H and O–H groups in total. The lowest BCUT2D eigenvalue weighted by Gasteiger charge is -2.16. The fourth-order valence-corrected chi connectivity index (χ4v) is 4.01. The summed E-state index contributed by atoms with van der Waals surface area (Å²) in [5.74, 6) is -2.04. The Morgan fingerprint density at radius 3 is 2.40 bits per heavy atom. The highest BCUT2D eigenvalue weighted by atomic mass is 35.5. The van der Waals surface area contributed by atoms with Crippen LogP contribution >= 0.6 is 23.2 Å². The van der Waals surface area contributed by atoms with Crippen molar-refractivity contribution in [3.05, 3.63) is 69.1 Å². The molecule has 0 fully saturated rings. The van der Waals surface area contributed by atoms with Crippen molar-refractivity contribution in [3.8, 4) is 5.82 Å². The van der Waals surface area contributed by atoms with Crippen molar-refractivity contribution in [2.75, 3.05) is 5.32 Å². The molecule has 0 bridgehead atoms. The SMILES string of the molecule is Cc1cc(Cl)cc(C(=O)NS(=O)(=O)C(C)C)c1NC(=O)c1cc(C(F)F)nn1-c1ncccc1Cl. The number of rotatable bonds is 7. The number of halogens is 4. The van der Waals surface area contributed by atoms with Crippen LogP contribution in [0.4, 0.5) is 14.5 Å². The van der Waals surface area contributed by atoms with Gasteiger partial charge in [-0.15, -0.1) is 0 Å². The lowest BCUT2D eigenvalue weighted by Crippen LogP contribution is -2.36. The van der Waals surface area contributed by atoms with E-state index in [1.807, 2.05) is 4.72 Å². The van der Waals surface area contributed by atoms with Crippen molar-refractivity contribution in [3.63, 3.8) is 0 Å². The smallest absolute Gasteiger partial charge is 0.282 e. The minimum Gasteiger partial charge on any atom is -0.320 e. The highest BCUT2D eigenvalue weighted by Gasteiger charge is 2.27. The number of carbonyl (C=O) groups excluding carboxylic acids is 2. The van der Waals surface area contributed by atoms with Gasteiger partial charge in [0.2, 0.25) is 10.0 Å². The van der Waals surface area contributed by atoms with Crippen molar-refractivity contribution < 1.29 is 26.8 Å². The number of hydrogen-bond donors (Lipinski definition) is 2. The summed E-state index contributed by atoms with van der Waals surface area (Å²) in [6.07, 6.45) is -1.65. The number of nitrogens with one attached hydrogen (secondary N) is 2. The monoisotopic (exact) mass is 545 g/mol. The molecule has 0 aliphatic rings. The predicted octanol–water partition coefficient (Wildman–Crippen LogP) is 4.54. The topological polar surface area (TPSA) is 123 Å². The number of amides is 2. The number of carbonyl (C=O) groups is 2. The molecule has 0 saturated heterocycles. The maximum Gasteiger partial charge on any atom is 0.282 e. The van der Waals surface area contributed by atoms with Crippen LogP contribution in [0.15, 0.2) is 36.5 Å². The van der Waals surface area contributed by atoms with Gasteiger partial charge in [-0.05, 0) is 56.7 Å². The Morgan fingerprint density at radius 2 is 1.80 bits per heavy atom. The number of aromatic nitrogens is 3. The van der Waals surface area contributed by atoms with Crippen LogP contribution in [0.5, 0.6) is 0 Å². The molecule has 0 aliphatic carbocycles. The lowest BCUT2D eigenvalue weighted by atomic mass is 10.1. The maximum absolute atomic E-state index is 13.4. The molecular weight excluding hydrogens is 527 g/mol. The molecule has 186 valence electrons. The van der Waals surface area contributed by atoms with Gasteiger partial charge in [-0.3, -0.25) is 9.59 Å². The molecule has 35 heavy (non-hydrogen) atoms. The summed E-state index contributed by atoms with van der Waals surface area (Å²) in [7, 11) is -4.00. The lowest BCUT2D eigenvalue weighted by molar-refractivity contribution is 0.0981. The van der Waals surface area contributed by atoms with Crippen molar-refractivity contribution >= 4 is 50.7 Å². The molecule has 9 nitrogen and oxygen atoms in total. The summed E-state index contributed by atoms with van der Waals surface area (Å²) < 4.78 is 53.9. The van der Waals surface area contributed by atoms with E-state index >= 15 is 0 Å². The van der Waals surface area contributed by atoms with E-state index in [1.165, 1.54) is 51.2 Å². The molecule has 0 spiro atoms. The second-order valence-corrected chi connectivity index (χ2v) is 10.7. The Morgan fingerprint density at radius 1 is 1.11 bits per heavy atom. The van der Waals surface area contributed by atoms with E-state index in [4.69, 9.17) is 23.2 Å². The third-order valence-corrected chi connectivity index (χ3v) is 6.99. The number of alkyl halides is 2. The molecule has 1 aromatic carbocycles. The van der Waals surface area contributed by atoms with Gasteiger partial charge in [0.05, 0.1) is 21.5 Å². The fourth-order valence-electron chi connectivity index (χ4n) is 2.93. The molecule has 3 rings (SSSR count). The quantitative estimate of drug-likeness (QED) is 0.449. The van der Waals surface area contributed by atoms with Gasteiger partial charge < -0.3 is 5.32 Å². The van der Waals surface area contributed by atoms with Gasteiger partial charge in [0.1, 0.15) is 11.4 Å². The second kappa shape index (κ2) is 10.3. The summed E-state index contributed by atoms with van der Waals surface area (Å²) in [5, 5.41) is 5.46. The average molecular weight is 546 g/mol. The van der Waals surface area contributed by atoms with E-state index in [9.17, 15) is 26.8 Å². The molecule has 14 heteroatoms. The first-order valence-corrected chi connectivity index (χ1v) is 12.3. The van der Waals surface area contributed by atoms with Crippen molar-refractivity contribution in [1.82, 2.24) is 19.5 Å². The van der Waals surface area contributed by atoms with Crippen molar-refractivity contribution in [2.24, 2.45) is 0 Å². The Hall–Kier alpha value is -3.09. The third-order valence-electron chi connectivity index (χ3n) is 4.76. The summed E-state index contributed by atoms with van der Waals surface area (Å²) >= 11 is 12.2. The first kappa shape index (κ1) is 26.5. The zero-order chi connectivity index (χ0) is 26.1. The van der Waals surface area contributed by atoms with Gasteiger partial charge in [0.25, 0.3) is 18.2 Å². The Labute approximate surface area is 209 Å².